The van der Waals surface area contributed by atoms with Crippen LogP contribution in [0.4, 0.5) is 0 Å². The molecule has 2 aromatic carbocycles. The van der Waals surface area contributed by atoms with E-state index < -0.39 is 17.7 Å². The molecule has 5 rings (SSSR count). The number of ketones is 1. The minimum absolute atomic E-state index is 0.0278. The van der Waals surface area contributed by atoms with Crippen molar-refractivity contribution in [1.82, 2.24) is 14.3 Å². The number of hydrogen-bond donors (Lipinski definition) is 2. The number of imidazole rings is 1. The Morgan fingerprint density at radius 3 is 2.57 bits per heavy atom. The van der Waals surface area contributed by atoms with E-state index in [0.29, 0.717) is 35.6 Å². The molecule has 0 saturated carbocycles. The molecule has 1 unspecified atom stereocenters. The van der Waals surface area contributed by atoms with Crippen molar-refractivity contribution < 1.29 is 24.5 Å². The number of hydrogen-bond acceptors (Lipinski definition) is 6. The van der Waals surface area contributed by atoms with Crippen LogP contribution in [0.1, 0.15) is 35.5 Å². The summed E-state index contributed by atoms with van der Waals surface area (Å²) >= 11 is 0. The number of nitrogens with zero attached hydrogens (tertiary/aromatic N) is 3. The van der Waals surface area contributed by atoms with Crippen molar-refractivity contribution in [3.05, 3.63) is 101 Å². The van der Waals surface area contributed by atoms with Crippen molar-refractivity contribution in [3.63, 3.8) is 0 Å². The Labute approximate surface area is 214 Å². The van der Waals surface area contributed by atoms with Crippen LogP contribution in [-0.2, 0) is 16.0 Å². The third-order valence-electron chi connectivity index (χ3n) is 6.55. The topological polar surface area (TPSA) is 104 Å². The molecule has 0 radical (unpaired) electrons. The minimum Gasteiger partial charge on any atom is -0.505 e. The molecule has 1 saturated heterocycles. The summed E-state index contributed by atoms with van der Waals surface area (Å²) in [5, 5.41) is 21.8. The maximum Gasteiger partial charge on any atom is 0.295 e. The second-order valence-corrected chi connectivity index (χ2v) is 8.86. The fraction of sp³-hybridized carbons (Fsp3) is 0.207. The summed E-state index contributed by atoms with van der Waals surface area (Å²) in [6.07, 6.45) is 2.27. The van der Waals surface area contributed by atoms with Crippen LogP contribution in [0.3, 0.4) is 0 Å². The molecule has 188 valence electrons. The van der Waals surface area contributed by atoms with E-state index in [2.05, 4.69) is 4.98 Å². The number of aliphatic hydroxyl groups excluding tert-OH is 1. The van der Waals surface area contributed by atoms with Gasteiger partial charge in [-0.15, -0.1) is 0 Å². The number of aliphatic hydroxyl groups is 1. The van der Waals surface area contributed by atoms with Gasteiger partial charge in [0.1, 0.15) is 11.3 Å². The van der Waals surface area contributed by atoms with Crippen LogP contribution in [0.25, 0.3) is 11.4 Å². The molecule has 2 N–H and O–H groups in total. The summed E-state index contributed by atoms with van der Waals surface area (Å²) in [6.45, 7) is 4.13. The number of carbonyl (C=O) groups is 2. The maximum atomic E-state index is 13.5. The SMILES string of the molecule is CCOc1cc(C2C(=C(O)c3c(C)nc4ccccn34)C(=O)C(=O)N2CCc2ccccc2)ccc1O. The van der Waals surface area contributed by atoms with E-state index in [1.54, 1.807) is 48.7 Å². The molecule has 0 spiro atoms. The molecular formula is C29H27N3O5. The van der Waals surface area contributed by atoms with E-state index in [9.17, 15) is 19.8 Å². The third-order valence-corrected chi connectivity index (χ3v) is 6.55. The van der Waals surface area contributed by atoms with Gasteiger partial charge in [-0.2, -0.15) is 0 Å². The fourth-order valence-corrected chi connectivity index (χ4v) is 4.85. The molecule has 0 aliphatic carbocycles. The largest absolute Gasteiger partial charge is 0.505 e. The molecule has 1 aliphatic heterocycles. The summed E-state index contributed by atoms with van der Waals surface area (Å²) < 4.78 is 7.26. The molecule has 1 fully saturated rings. The molecule has 1 amide bonds. The van der Waals surface area contributed by atoms with E-state index in [4.69, 9.17) is 4.74 Å². The number of fused-ring (bicyclic) bond motifs is 1. The predicted octanol–water partition coefficient (Wildman–Crippen LogP) is 4.41. The van der Waals surface area contributed by atoms with Gasteiger partial charge in [-0.05, 0) is 55.7 Å². The first-order chi connectivity index (χ1) is 17.9. The Morgan fingerprint density at radius 2 is 1.81 bits per heavy atom. The van der Waals surface area contributed by atoms with Crippen molar-refractivity contribution in [3.8, 4) is 11.5 Å². The molecular weight excluding hydrogens is 470 g/mol. The zero-order chi connectivity index (χ0) is 26.1. The number of aryl methyl sites for hydroxylation is 1. The van der Waals surface area contributed by atoms with Crippen LogP contribution >= 0.6 is 0 Å². The van der Waals surface area contributed by atoms with Gasteiger partial charge in [0.15, 0.2) is 17.3 Å². The number of ether oxygens (including phenoxy) is 1. The maximum absolute atomic E-state index is 13.5. The van der Waals surface area contributed by atoms with Gasteiger partial charge in [-0.25, -0.2) is 4.98 Å². The monoisotopic (exact) mass is 497 g/mol. The predicted molar refractivity (Wildman–Crippen MR) is 138 cm³/mol. The van der Waals surface area contributed by atoms with Crippen LogP contribution < -0.4 is 4.74 Å². The number of amides is 1. The lowest BCUT2D eigenvalue weighted by Crippen LogP contribution is -2.31. The van der Waals surface area contributed by atoms with Gasteiger partial charge in [0.25, 0.3) is 11.7 Å². The standard InChI is InChI=1S/C29H27N3O5/c1-3-37-22-17-20(12-13-21(22)33)26-24(27(34)25-18(2)30-23-11-7-8-15-31(23)25)28(35)29(36)32(26)16-14-19-9-5-4-6-10-19/h4-13,15,17,26,33-34H,3,14,16H2,1-2H3. The van der Waals surface area contributed by atoms with Gasteiger partial charge in [0.2, 0.25) is 0 Å². The van der Waals surface area contributed by atoms with Crippen LogP contribution in [-0.4, -0.2) is 49.3 Å². The van der Waals surface area contributed by atoms with Crippen molar-refractivity contribution in [2.45, 2.75) is 26.3 Å². The van der Waals surface area contributed by atoms with Gasteiger partial charge in [0.05, 0.1) is 23.9 Å². The van der Waals surface area contributed by atoms with Crippen molar-refractivity contribution in [1.29, 1.82) is 0 Å². The van der Waals surface area contributed by atoms with Crippen molar-refractivity contribution in [2.75, 3.05) is 13.2 Å². The lowest BCUT2D eigenvalue weighted by Gasteiger charge is -2.26. The van der Waals surface area contributed by atoms with Gasteiger partial charge in [-0.1, -0.05) is 42.5 Å². The van der Waals surface area contributed by atoms with Gasteiger partial charge < -0.3 is 19.8 Å². The normalized spacial score (nSPS) is 17.0. The van der Waals surface area contributed by atoms with Crippen LogP contribution in [0, 0.1) is 6.92 Å². The number of aromatic nitrogens is 2. The second kappa shape index (κ2) is 9.81. The molecule has 4 aromatic rings. The third kappa shape index (κ3) is 4.31. The Morgan fingerprint density at radius 1 is 1.05 bits per heavy atom. The van der Waals surface area contributed by atoms with Crippen LogP contribution in [0.15, 0.2) is 78.5 Å². The van der Waals surface area contributed by atoms with Gasteiger partial charge in [0, 0.05) is 12.7 Å². The van der Waals surface area contributed by atoms with Crippen LogP contribution in [0.5, 0.6) is 11.5 Å². The quantitative estimate of drug-likeness (QED) is 0.223. The van der Waals surface area contributed by atoms with Gasteiger partial charge in [-0.3, -0.25) is 14.0 Å². The molecule has 0 bridgehead atoms. The smallest absolute Gasteiger partial charge is 0.295 e. The summed E-state index contributed by atoms with van der Waals surface area (Å²) in [4.78, 5) is 32.8. The zero-order valence-electron chi connectivity index (χ0n) is 20.6. The average molecular weight is 498 g/mol. The highest BCUT2D eigenvalue weighted by molar-refractivity contribution is 6.46. The number of aromatic hydroxyl groups is 1. The van der Waals surface area contributed by atoms with Crippen LogP contribution in [0.2, 0.25) is 0 Å². The number of likely N-dealkylation sites (tertiary alicyclic amines) is 1. The van der Waals surface area contributed by atoms with E-state index in [1.165, 1.54) is 11.0 Å². The highest BCUT2D eigenvalue weighted by Crippen LogP contribution is 2.42. The summed E-state index contributed by atoms with van der Waals surface area (Å²) in [6, 6.07) is 18.9. The zero-order valence-corrected chi connectivity index (χ0v) is 20.6. The van der Waals surface area contributed by atoms with Gasteiger partial charge >= 0.3 is 0 Å². The molecule has 1 aliphatic rings. The Kier molecular flexibility index (Phi) is 6.40. The first-order valence-electron chi connectivity index (χ1n) is 12.1. The van der Waals surface area contributed by atoms with E-state index in [0.717, 1.165) is 5.56 Å². The Bertz CT molecular complexity index is 1520. The number of phenols is 1. The lowest BCUT2D eigenvalue weighted by molar-refractivity contribution is -0.139. The fourth-order valence-electron chi connectivity index (χ4n) is 4.85. The van der Waals surface area contributed by atoms with Crippen molar-refractivity contribution >= 4 is 23.1 Å². The van der Waals surface area contributed by atoms with Crippen molar-refractivity contribution in [2.24, 2.45) is 0 Å². The number of pyridine rings is 1. The number of benzene rings is 2. The molecule has 8 nitrogen and oxygen atoms in total. The number of rotatable bonds is 7. The van der Waals surface area contributed by atoms with E-state index in [-0.39, 0.29) is 29.4 Å². The number of carbonyl (C=O) groups excluding carboxylic acids is 2. The first-order valence-corrected chi connectivity index (χ1v) is 12.1. The Hall–Kier alpha value is -4.59. The molecule has 2 aromatic heterocycles. The summed E-state index contributed by atoms with van der Waals surface area (Å²) in [7, 11) is 0. The Balaban J connectivity index is 1.67. The van der Waals surface area contributed by atoms with E-state index in [1.807, 2.05) is 36.4 Å². The highest BCUT2D eigenvalue weighted by atomic mass is 16.5. The molecule has 8 heteroatoms. The summed E-state index contributed by atoms with van der Waals surface area (Å²) in [5.41, 5.74) is 3.02. The lowest BCUT2D eigenvalue weighted by atomic mass is 9.95. The molecule has 37 heavy (non-hydrogen) atoms. The summed E-state index contributed by atoms with van der Waals surface area (Å²) in [5.74, 6) is -1.58. The minimum atomic E-state index is -0.878. The average Bonchev–Trinajstić information content (AvgIpc) is 3.37. The highest BCUT2D eigenvalue weighted by Gasteiger charge is 2.46. The molecule has 3 heterocycles. The molecule has 1 atom stereocenters. The van der Waals surface area contributed by atoms with E-state index >= 15 is 0 Å². The first kappa shape index (κ1) is 24.1. The number of Topliss-reactive ketones (excluding diaryl/α,β-unsaturated/α-hetero) is 1. The second-order valence-electron chi connectivity index (χ2n) is 8.86. The number of phenolic OH excluding ortho intramolecular Hbond substituents is 1.